The van der Waals surface area contributed by atoms with Crippen LogP contribution < -0.4 is 4.90 Å². The molecule has 0 unspecified atom stereocenters. The Morgan fingerprint density at radius 1 is 1.20 bits per heavy atom. The lowest BCUT2D eigenvalue weighted by Gasteiger charge is -2.26. The highest BCUT2D eigenvalue weighted by Crippen LogP contribution is 2.27. The predicted molar refractivity (Wildman–Crippen MR) is 66.1 cm³/mol. The summed E-state index contributed by atoms with van der Waals surface area (Å²) in [5.74, 6) is 1.60. The summed E-state index contributed by atoms with van der Waals surface area (Å²) in [5.41, 5.74) is 0.790. The van der Waals surface area contributed by atoms with E-state index in [9.17, 15) is 4.79 Å². The van der Waals surface area contributed by atoms with Crippen molar-refractivity contribution in [2.24, 2.45) is 0 Å². The van der Waals surface area contributed by atoms with Gasteiger partial charge in [-0.3, -0.25) is 4.79 Å². The lowest BCUT2D eigenvalue weighted by molar-refractivity contribution is -0.116. The zero-order chi connectivity index (χ0) is 10.8. The van der Waals surface area contributed by atoms with Gasteiger partial charge in [-0.05, 0) is 18.2 Å². The molecule has 1 aliphatic rings. The van der Waals surface area contributed by atoms with Crippen LogP contribution in [0.2, 0.25) is 10.0 Å². The molecule has 1 amide bonds. The van der Waals surface area contributed by atoms with E-state index in [-0.39, 0.29) is 5.91 Å². The molecule has 0 spiro atoms. The van der Waals surface area contributed by atoms with E-state index in [1.165, 1.54) is 0 Å². The highest BCUT2D eigenvalue weighted by molar-refractivity contribution is 8.00. The quantitative estimate of drug-likeness (QED) is 0.775. The second-order valence-electron chi connectivity index (χ2n) is 3.23. The summed E-state index contributed by atoms with van der Waals surface area (Å²) in [6.45, 7) is 0.722. The van der Waals surface area contributed by atoms with E-state index in [1.807, 2.05) is 0 Å². The van der Waals surface area contributed by atoms with E-state index in [1.54, 1.807) is 34.9 Å². The fourth-order valence-electron chi connectivity index (χ4n) is 1.49. The van der Waals surface area contributed by atoms with Crippen LogP contribution in [0, 0.1) is 0 Å². The summed E-state index contributed by atoms with van der Waals surface area (Å²) in [6, 6.07) is 5.19. The Bertz CT molecular complexity index is 377. The standard InChI is InChI=1S/C10H9Cl2NOS/c11-7-3-8(12)5-9(4-7)13-1-2-15-6-10(13)14/h3-5H,1-2,6H2. The third-order valence-corrected chi connectivity index (χ3v) is 3.50. The molecule has 5 heteroatoms. The molecule has 0 saturated carbocycles. The summed E-state index contributed by atoms with van der Waals surface area (Å²) in [5, 5.41) is 1.12. The Morgan fingerprint density at radius 2 is 1.87 bits per heavy atom. The Kier molecular flexibility index (Phi) is 3.44. The van der Waals surface area contributed by atoms with Crippen LogP contribution in [0.1, 0.15) is 0 Å². The van der Waals surface area contributed by atoms with Gasteiger partial charge in [-0.1, -0.05) is 23.2 Å². The van der Waals surface area contributed by atoms with E-state index in [0.29, 0.717) is 15.8 Å². The number of nitrogens with zero attached hydrogens (tertiary/aromatic N) is 1. The minimum absolute atomic E-state index is 0.115. The molecule has 0 aromatic heterocycles. The molecule has 1 fully saturated rings. The zero-order valence-electron chi connectivity index (χ0n) is 7.87. The van der Waals surface area contributed by atoms with E-state index < -0.39 is 0 Å². The van der Waals surface area contributed by atoms with Gasteiger partial charge in [0, 0.05) is 28.0 Å². The van der Waals surface area contributed by atoms with E-state index >= 15 is 0 Å². The summed E-state index contributed by atoms with van der Waals surface area (Å²) in [4.78, 5) is 13.4. The molecule has 1 aromatic carbocycles. The summed E-state index contributed by atoms with van der Waals surface area (Å²) >= 11 is 13.4. The molecule has 1 aromatic rings. The minimum atomic E-state index is 0.115. The van der Waals surface area contributed by atoms with Crippen LogP contribution in [0.4, 0.5) is 5.69 Å². The number of hydrogen-bond acceptors (Lipinski definition) is 2. The molecule has 1 aliphatic heterocycles. The fraction of sp³-hybridized carbons (Fsp3) is 0.300. The van der Waals surface area contributed by atoms with Crippen molar-refractivity contribution in [3.8, 4) is 0 Å². The van der Waals surface area contributed by atoms with Crippen molar-refractivity contribution >= 4 is 46.6 Å². The van der Waals surface area contributed by atoms with Crippen LogP contribution in [0.15, 0.2) is 18.2 Å². The first-order chi connectivity index (χ1) is 7.16. The number of anilines is 1. The van der Waals surface area contributed by atoms with Crippen molar-refractivity contribution < 1.29 is 4.79 Å². The number of carbonyl (C=O) groups excluding carboxylic acids is 1. The summed E-state index contributed by atoms with van der Waals surface area (Å²) in [7, 11) is 0. The van der Waals surface area contributed by atoms with Gasteiger partial charge in [-0.2, -0.15) is 11.8 Å². The monoisotopic (exact) mass is 261 g/mol. The van der Waals surface area contributed by atoms with Gasteiger partial charge >= 0.3 is 0 Å². The van der Waals surface area contributed by atoms with Crippen LogP contribution >= 0.6 is 35.0 Å². The highest BCUT2D eigenvalue weighted by atomic mass is 35.5. The molecule has 0 N–H and O–H groups in total. The molecule has 0 aliphatic carbocycles. The van der Waals surface area contributed by atoms with E-state index in [4.69, 9.17) is 23.2 Å². The molecule has 0 radical (unpaired) electrons. The summed E-state index contributed by atoms with van der Waals surface area (Å²) < 4.78 is 0. The number of carbonyl (C=O) groups is 1. The van der Waals surface area contributed by atoms with Gasteiger partial charge in [-0.15, -0.1) is 0 Å². The molecule has 1 saturated heterocycles. The number of hydrogen-bond donors (Lipinski definition) is 0. The molecular weight excluding hydrogens is 253 g/mol. The average Bonchev–Trinajstić information content (AvgIpc) is 2.16. The smallest absolute Gasteiger partial charge is 0.237 e. The third-order valence-electron chi connectivity index (χ3n) is 2.14. The Balaban J connectivity index is 2.31. The van der Waals surface area contributed by atoms with Crippen molar-refractivity contribution in [3.63, 3.8) is 0 Å². The molecule has 2 rings (SSSR count). The first kappa shape index (κ1) is 11.1. The average molecular weight is 262 g/mol. The SMILES string of the molecule is O=C1CSCCN1c1cc(Cl)cc(Cl)c1. The van der Waals surface area contributed by atoms with Gasteiger partial charge in [0.2, 0.25) is 5.91 Å². The largest absolute Gasteiger partial charge is 0.311 e. The molecule has 15 heavy (non-hydrogen) atoms. The number of thioether (sulfide) groups is 1. The van der Waals surface area contributed by atoms with Crippen LogP contribution in [0.25, 0.3) is 0 Å². The van der Waals surface area contributed by atoms with Crippen molar-refractivity contribution in [1.82, 2.24) is 0 Å². The van der Waals surface area contributed by atoms with Crippen molar-refractivity contribution in [2.45, 2.75) is 0 Å². The van der Waals surface area contributed by atoms with Gasteiger partial charge < -0.3 is 4.90 Å². The molecular formula is C10H9Cl2NOS. The number of benzene rings is 1. The molecule has 0 bridgehead atoms. The van der Waals surface area contributed by atoms with Gasteiger partial charge in [-0.25, -0.2) is 0 Å². The Labute approximate surface area is 103 Å². The maximum atomic E-state index is 11.6. The number of amides is 1. The van der Waals surface area contributed by atoms with Gasteiger partial charge in [0.15, 0.2) is 0 Å². The number of halogens is 2. The molecule has 2 nitrogen and oxygen atoms in total. The number of rotatable bonds is 1. The zero-order valence-corrected chi connectivity index (χ0v) is 10.2. The minimum Gasteiger partial charge on any atom is -0.311 e. The second kappa shape index (κ2) is 4.64. The van der Waals surface area contributed by atoms with Crippen LogP contribution in [0.5, 0.6) is 0 Å². The Hall–Kier alpha value is -0.380. The summed E-state index contributed by atoms with van der Waals surface area (Å²) in [6.07, 6.45) is 0. The maximum absolute atomic E-state index is 11.6. The lowest BCUT2D eigenvalue weighted by atomic mass is 10.3. The first-order valence-electron chi connectivity index (χ1n) is 4.51. The van der Waals surface area contributed by atoms with E-state index in [0.717, 1.165) is 18.0 Å². The van der Waals surface area contributed by atoms with Crippen LogP contribution in [-0.4, -0.2) is 24.0 Å². The maximum Gasteiger partial charge on any atom is 0.237 e. The lowest BCUT2D eigenvalue weighted by Crippen LogP contribution is -2.38. The topological polar surface area (TPSA) is 20.3 Å². The molecule has 80 valence electrons. The van der Waals surface area contributed by atoms with Gasteiger partial charge in [0.1, 0.15) is 0 Å². The van der Waals surface area contributed by atoms with Crippen molar-refractivity contribution in [3.05, 3.63) is 28.2 Å². The van der Waals surface area contributed by atoms with Crippen molar-refractivity contribution in [1.29, 1.82) is 0 Å². The third kappa shape index (κ3) is 2.60. The van der Waals surface area contributed by atoms with Crippen molar-refractivity contribution in [2.75, 3.05) is 23.0 Å². The first-order valence-corrected chi connectivity index (χ1v) is 6.42. The molecule has 0 atom stereocenters. The van der Waals surface area contributed by atoms with Crippen LogP contribution in [-0.2, 0) is 4.79 Å². The second-order valence-corrected chi connectivity index (χ2v) is 5.20. The van der Waals surface area contributed by atoms with Gasteiger partial charge in [0.25, 0.3) is 0 Å². The van der Waals surface area contributed by atoms with E-state index in [2.05, 4.69) is 0 Å². The van der Waals surface area contributed by atoms with Crippen LogP contribution in [0.3, 0.4) is 0 Å². The van der Waals surface area contributed by atoms with Gasteiger partial charge in [0.05, 0.1) is 5.75 Å². The molecule has 1 heterocycles. The normalized spacial score (nSPS) is 16.9. The fourth-order valence-corrected chi connectivity index (χ4v) is 2.79. The Morgan fingerprint density at radius 3 is 2.47 bits per heavy atom. The predicted octanol–water partition coefficient (Wildman–Crippen LogP) is 3.07. The highest BCUT2D eigenvalue weighted by Gasteiger charge is 2.20.